The van der Waals surface area contributed by atoms with E-state index in [1.807, 2.05) is 0 Å². The molecule has 0 heterocycles. The highest BCUT2D eigenvalue weighted by molar-refractivity contribution is 7.87. The molecule has 1 rings (SSSR count). The normalized spacial score (nSPS) is 13.8. The first-order chi connectivity index (χ1) is 11.8. The van der Waals surface area contributed by atoms with E-state index >= 15 is 0 Å². The molecule has 0 aliphatic heterocycles. The molecule has 26 heavy (non-hydrogen) atoms. The van der Waals surface area contributed by atoms with Crippen LogP contribution in [0, 0.1) is 5.41 Å². The fourth-order valence-corrected chi connectivity index (χ4v) is 2.50. The first-order valence-corrected chi connectivity index (χ1v) is 8.83. The average Bonchev–Trinajstić information content (AvgIpc) is 2.54. The summed E-state index contributed by atoms with van der Waals surface area (Å²) in [6, 6.07) is 6.96. The van der Waals surface area contributed by atoms with E-state index in [2.05, 4.69) is 17.3 Å². The molecule has 0 amide bonds. The Bertz CT molecular complexity index is 737. The molecule has 0 aliphatic carbocycles. The third-order valence-corrected chi connectivity index (χ3v) is 4.71. The number of methoxy groups -OCH3 is 1. The molecule has 0 fully saturated rings. The first-order valence-electron chi connectivity index (χ1n) is 7.42. The van der Waals surface area contributed by atoms with Crippen molar-refractivity contribution in [2.45, 2.75) is 32.1 Å². The molecule has 146 valence electrons. The van der Waals surface area contributed by atoms with Crippen LogP contribution in [0.4, 0.5) is 13.2 Å². The van der Waals surface area contributed by atoms with Crippen molar-refractivity contribution in [3.05, 3.63) is 54.8 Å². The van der Waals surface area contributed by atoms with Crippen LogP contribution in [0.3, 0.4) is 0 Å². The summed E-state index contributed by atoms with van der Waals surface area (Å²) in [7, 11) is -4.27. The Hall–Kier alpha value is -2.00. The van der Waals surface area contributed by atoms with E-state index in [9.17, 15) is 21.6 Å². The second kappa shape index (κ2) is 8.13. The molecule has 5 nitrogen and oxygen atoms in total. The minimum Gasteiger partial charge on any atom is -0.497 e. The number of rotatable bonds is 9. The molecule has 0 saturated heterocycles. The van der Waals surface area contributed by atoms with E-state index in [-0.39, 0.29) is 6.61 Å². The summed E-state index contributed by atoms with van der Waals surface area (Å²) in [6.07, 6.45) is 0.499. The highest BCUT2D eigenvalue weighted by atomic mass is 32.2. The fourth-order valence-electron chi connectivity index (χ4n) is 1.92. The zero-order valence-electron chi connectivity index (χ0n) is 14.7. The maximum Gasteiger partial charge on any atom is 0.534 e. The number of hydrogen-bond donors (Lipinski definition) is 0. The van der Waals surface area contributed by atoms with Gasteiger partial charge in [-0.2, -0.15) is 21.6 Å². The quantitative estimate of drug-likeness (QED) is 0.272. The van der Waals surface area contributed by atoms with Crippen LogP contribution in [0.25, 0.3) is 0 Å². The van der Waals surface area contributed by atoms with Crippen LogP contribution < -0.4 is 4.74 Å². The van der Waals surface area contributed by atoms with E-state index in [4.69, 9.17) is 9.47 Å². The lowest BCUT2D eigenvalue weighted by molar-refractivity contribution is -0.0555. The van der Waals surface area contributed by atoms with Crippen molar-refractivity contribution in [1.82, 2.24) is 0 Å². The highest BCUT2D eigenvalue weighted by Gasteiger charge is 2.50. The molecule has 9 heteroatoms. The third-order valence-electron chi connectivity index (χ3n) is 3.73. The molecule has 0 bridgehead atoms. The van der Waals surface area contributed by atoms with Gasteiger partial charge in [-0.15, -0.1) is 6.58 Å². The Morgan fingerprint density at radius 2 is 1.77 bits per heavy atom. The molecule has 0 aromatic heterocycles. The average molecular weight is 394 g/mol. The Morgan fingerprint density at radius 1 is 1.23 bits per heavy atom. The maximum atomic E-state index is 12.5. The predicted octanol–water partition coefficient (Wildman–Crippen LogP) is 4.17. The molecule has 1 aromatic carbocycles. The Balaban J connectivity index is 2.85. The summed E-state index contributed by atoms with van der Waals surface area (Å²) in [6.45, 7) is 9.91. The van der Waals surface area contributed by atoms with Gasteiger partial charge in [0.05, 0.1) is 25.2 Å². The highest BCUT2D eigenvalue weighted by Crippen LogP contribution is 2.37. The lowest BCUT2D eigenvalue weighted by Crippen LogP contribution is -2.35. The van der Waals surface area contributed by atoms with Gasteiger partial charge in [0.1, 0.15) is 11.5 Å². The smallest absolute Gasteiger partial charge is 0.497 e. The van der Waals surface area contributed by atoms with Crippen LogP contribution in [0.1, 0.15) is 19.4 Å². The fraction of sp³-hybridized carbons (Fsp3) is 0.412. The van der Waals surface area contributed by atoms with Gasteiger partial charge >= 0.3 is 15.6 Å². The second-order valence-electron chi connectivity index (χ2n) is 5.94. The Morgan fingerprint density at radius 3 is 2.19 bits per heavy atom. The molecule has 1 unspecified atom stereocenters. The van der Waals surface area contributed by atoms with Crippen LogP contribution in [0.5, 0.6) is 5.75 Å². The zero-order chi connectivity index (χ0) is 20.2. The maximum absolute atomic E-state index is 12.5. The summed E-state index contributed by atoms with van der Waals surface area (Å²) in [4.78, 5) is 0. The molecule has 0 N–H and O–H groups in total. The van der Waals surface area contributed by atoms with E-state index < -0.39 is 32.9 Å². The monoisotopic (exact) mass is 394 g/mol. The van der Waals surface area contributed by atoms with Gasteiger partial charge in [0.2, 0.25) is 0 Å². The van der Waals surface area contributed by atoms with Crippen molar-refractivity contribution in [2.24, 2.45) is 5.41 Å². The molecule has 0 spiro atoms. The number of hydrogen-bond acceptors (Lipinski definition) is 5. The van der Waals surface area contributed by atoms with Crippen molar-refractivity contribution in [3.63, 3.8) is 0 Å². The predicted molar refractivity (Wildman–Crippen MR) is 90.7 cm³/mol. The number of benzene rings is 1. The van der Waals surface area contributed by atoms with Gasteiger partial charge < -0.3 is 13.7 Å². The molecule has 1 aromatic rings. The summed E-state index contributed by atoms with van der Waals surface area (Å²) in [5, 5.41) is 0. The van der Waals surface area contributed by atoms with E-state index in [0.29, 0.717) is 5.75 Å². The van der Waals surface area contributed by atoms with E-state index in [1.54, 1.807) is 24.3 Å². The second-order valence-corrected chi connectivity index (χ2v) is 7.48. The van der Waals surface area contributed by atoms with Gasteiger partial charge in [-0.05, 0) is 31.5 Å². The molecule has 1 atom stereocenters. The van der Waals surface area contributed by atoms with Crippen molar-refractivity contribution >= 4 is 10.1 Å². The van der Waals surface area contributed by atoms with Crippen LogP contribution in [0.2, 0.25) is 0 Å². The number of alkyl halides is 3. The zero-order valence-corrected chi connectivity index (χ0v) is 15.5. The minimum absolute atomic E-state index is 0.114. The molecule has 0 radical (unpaired) electrons. The van der Waals surface area contributed by atoms with Gasteiger partial charge in [0.15, 0.2) is 0 Å². The van der Waals surface area contributed by atoms with E-state index in [0.717, 1.165) is 5.56 Å². The first kappa shape index (κ1) is 22.0. The lowest BCUT2D eigenvalue weighted by atomic mass is 9.84. The van der Waals surface area contributed by atoms with Crippen LogP contribution >= 0.6 is 0 Å². The van der Waals surface area contributed by atoms with Crippen molar-refractivity contribution in [3.8, 4) is 5.75 Å². The summed E-state index contributed by atoms with van der Waals surface area (Å²) in [5.74, 6) is 0.0583. The van der Waals surface area contributed by atoms with Gasteiger partial charge in [0.25, 0.3) is 0 Å². The number of ether oxygens (including phenoxy) is 2. The summed E-state index contributed by atoms with van der Waals surface area (Å²) >= 11 is 0. The largest absolute Gasteiger partial charge is 0.534 e. The van der Waals surface area contributed by atoms with Crippen molar-refractivity contribution < 1.29 is 35.2 Å². The van der Waals surface area contributed by atoms with Gasteiger partial charge in [-0.1, -0.05) is 24.8 Å². The number of halogens is 3. The van der Waals surface area contributed by atoms with Crippen LogP contribution in [-0.4, -0.2) is 27.1 Å². The standard InChI is InChI=1S/C17H21F3O5S/c1-6-15(24-11-13-7-9-14(23-5)10-8-13)16(3,4)12(2)25-26(21,22)17(18,19)20/h6-10,15H,1-2,11H2,3-5H3. The third kappa shape index (κ3) is 5.25. The lowest BCUT2D eigenvalue weighted by Gasteiger charge is -2.33. The Labute approximate surface area is 151 Å². The summed E-state index contributed by atoms with van der Waals surface area (Å²) in [5.41, 5.74) is -6.05. The summed E-state index contributed by atoms with van der Waals surface area (Å²) < 4.78 is 74.6. The van der Waals surface area contributed by atoms with Gasteiger partial charge in [-0.3, -0.25) is 0 Å². The van der Waals surface area contributed by atoms with Gasteiger partial charge in [-0.25, -0.2) is 0 Å². The SMILES string of the molecule is C=CC(OCc1ccc(OC)cc1)C(C)(C)C(=C)OS(=O)(=O)C(F)(F)F. The van der Waals surface area contributed by atoms with Crippen LogP contribution in [0.15, 0.2) is 49.3 Å². The van der Waals surface area contributed by atoms with Crippen molar-refractivity contribution in [2.75, 3.05) is 7.11 Å². The van der Waals surface area contributed by atoms with Gasteiger partial charge in [0, 0.05) is 0 Å². The Kier molecular flexibility index (Phi) is 6.89. The van der Waals surface area contributed by atoms with Crippen LogP contribution in [-0.2, 0) is 25.6 Å². The topological polar surface area (TPSA) is 61.8 Å². The van der Waals surface area contributed by atoms with Crippen molar-refractivity contribution in [1.29, 1.82) is 0 Å². The molecule has 0 aliphatic rings. The minimum atomic E-state index is -5.80. The molecular weight excluding hydrogens is 373 g/mol. The molecular formula is C17H21F3O5S. The molecule has 0 saturated carbocycles. The van der Waals surface area contributed by atoms with E-state index in [1.165, 1.54) is 27.0 Å².